The molecule has 0 bridgehead atoms. The fourth-order valence-electron chi connectivity index (χ4n) is 5.21. The highest BCUT2D eigenvalue weighted by molar-refractivity contribution is 6.21. The fourth-order valence-corrected chi connectivity index (χ4v) is 5.21. The van der Waals surface area contributed by atoms with Crippen LogP contribution >= 0.6 is 0 Å². The average Bonchev–Trinajstić information content (AvgIpc) is 3.34. The normalized spacial score (nSPS) is 17.3. The first kappa shape index (κ1) is 28.4. The van der Waals surface area contributed by atoms with Crippen molar-refractivity contribution in [3.05, 3.63) is 84.3 Å². The van der Waals surface area contributed by atoms with Gasteiger partial charge in [0.2, 0.25) is 0 Å². The molecule has 1 N–H and O–H groups in total. The van der Waals surface area contributed by atoms with Crippen LogP contribution in [-0.4, -0.2) is 68.4 Å². The molecule has 3 heterocycles. The second-order valence-electron chi connectivity index (χ2n) is 10.2. The number of halogens is 1. The third kappa shape index (κ3) is 6.08. The van der Waals surface area contributed by atoms with Gasteiger partial charge in [0.05, 0.1) is 38.1 Å². The predicted octanol–water partition coefficient (Wildman–Crippen LogP) is 5.07. The van der Waals surface area contributed by atoms with Gasteiger partial charge in [-0.25, -0.2) is 14.1 Å². The number of nitrogens with zero attached hydrogens (tertiary/aromatic N) is 3. The van der Waals surface area contributed by atoms with Crippen LogP contribution in [0.5, 0.6) is 23.0 Å². The summed E-state index contributed by atoms with van der Waals surface area (Å²) in [4.78, 5) is 33.4. The first-order valence-electron chi connectivity index (χ1n) is 14.1. The van der Waals surface area contributed by atoms with Crippen molar-refractivity contribution in [3.8, 4) is 23.0 Å². The van der Waals surface area contributed by atoms with Crippen LogP contribution in [0.25, 0.3) is 10.9 Å². The molecule has 0 unspecified atom stereocenters. The molecule has 6 rings (SSSR count). The first-order valence-corrected chi connectivity index (χ1v) is 14.1. The number of carbonyl (C=O) groups is 2. The Morgan fingerprint density at radius 2 is 1.79 bits per heavy atom. The van der Waals surface area contributed by atoms with E-state index in [1.54, 1.807) is 55.8 Å². The molecular weight excluding hydrogens is 555 g/mol. The van der Waals surface area contributed by atoms with E-state index in [0.29, 0.717) is 40.3 Å². The number of benzene rings is 3. The lowest BCUT2D eigenvalue weighted by atomic mass is 10.1. The van der Waals surface area contributed by atoms with Crippen molar-refractivity contribution in [2.45, 2.75) is 12.5 Å². The summed E-state index contributed by atoms with van der Waals surface area (Å²) in [7, 11) is 1.55. The van der Waals surface area contributed by atoms with E-state index in [9.17, 15) is 9.59 Å². The zero-order valence-electron chi connectivity index (χ0n) is 23.6. The monoisotopic (exact) mass is 586 g/mol. The number of imide groups is 1. The topological polar surface area (TPSA) is 102 Å². The Bertz CT molecular complexity index is 1630. The molecule has 1 atom stereocenters. The quantitative estimate of drug-likeness (QED) is 0.203. The minimum absolute atomic E-state index is 0.0784. The SMILES string of the molecule is COc1cc2c(Oc3ccc(N4C(=O)N[C@@H](c5ccccc5)C4=O)cc3F)ccnc2cc1OCCCN1CCOCC1. The zero-order chi connectivity index (χ0) is 29.8. The van der Waals surface area contributed by atoms with Gasteiger partial charge in [-0.15, -0.1) is 0 Å². The highest BCUT2D eigenvalue weighted by Gasteiger charge is 2.40. The first-order chi connectivity index (χ1) is 21.0. The van der Waals surface area contributed by atoms with Crippen LogP contribution < -0.4 is 24.4 Å². The van der Waals surface area contributed by atoms with Crippen molar-refractivity contribution in [1.82, 2.24) is 15.2 Å². The Balaban J connectivity index is 1.17. The van der Waals surface area contributed by atoms with Crippen molar-refractivity contribution >= 4 is 28.5 Å². The summed E-state index contributed by atoms with van der Waals surface area (Å²) in [5, 5.41) is 3.26. The second-order valence-corrected chi connectivity index (χ2v) is 10.2. The number of methoxy groups -OCH3 is 1. The van der Waals surface area contributed by atoms with Gasteiger partial charge in [0.1, 0.15) is 11.8 Å². The number of aromatic nitrogens is 1. The average molecular weight is 587 g/mol. The third-order valence-corrected chi connectivity index (χ3v) is 7.43. The Morgan fingerprint density at radius 1 is 0.977 bits per heavy atom. The number of urea groups is 1. The summed E-state index contributed by atoms with van der Waals surface area (Å²) in [5.74, 6) is 0.103. The van der Waals surface area contributed by atoms with Gasteiger partial charge in [0, 0.05) is 43.4 Å². The molecule has 11 heteroatoms. The van der Waals surface area contributed by atoms with Crippen LogP contribution in [0.2, 0.25) is 0 Å². The van der Waals surface area contributed by atoms with Crippen LogP contribution in [0, 0.1) is 5.82 Å². The Hall–Kier alpha value is -4.74. The number of carbonyl (C=O) groups excluding carboxylic acids is 2. The van der Waals surface area contributed by atoms with E-state index in [4.69, 9.17) is 18.9 Å². The van der Waals surface area contributed by atoms with Gasteiger partial charge >= 0.3 is 6.03 Å². The summed E-state index contributed by atoms with van der Waals surface area (Å²) in [6.45, 7) is 4.80. The van der Waals surface area contributed by atoms with E-state index in [2.05, 4.69) is 15.2 Å². The maximum atomic E-state index is 15.3. The second kappa shape index (κ2) is 12.6. The Morgan fingerprint density at radius 3 is 2.56 bits per heavy atom. The largest absolute Gasteiger partial charge is 0.493 e. The third-order valence-electron chi connectivity index (χ3n) is 7.43. The number of ether oxygens (including phenoxy) is 4. The van der Waals surface area contributed by atoms with Gasteiger partial charge in [0.15, 0.2) is 23.1 Å². The minimum atomic E-state index is -0.843. The molecule has 0 radical (unpaired) electrons. The standard InChI is InChI=1S/C32H31FN4O6/c1-40-28-19-23-25(20-29(28)42-15-5-12-36-13-16-41-17-14-36)34-11-10-26(23)43-27-9-8-22(18-24(27)33)37-31(38)30(35-32(37)39)21-6-3-2-4-7-21/h2-4,6-11,18-20,30H,5,12-17H2,1H3,(H,35,39)/t30-/m0/s1. The van der Waals surface area contributed by atoms with E-state index in [1.807, 2.05) is 6.07 Å². The van der Waals surface area contributed by atoms with Crippen LogP contribution in [0.15, 0.2) is 72.9 Å². The number of anilines is 1. The maximum Gasteiger partial charge on any atom is 0.329 e. The highest BCUT2D eigenvalue weighted by Crippen LogP contribution is 2.38. The lowest BCUT2D eigenvalue weighted by molar-refractivity contribution is -0.118. The Labute approximate surface area is 247 Å². The molecule has 222 valence electrons. The summed E-state index contributed by atoms with van der Waals surface area (Å²) in [5.41, 5.74) is 1.33. The van der Waals surface area contributed by atoms with Crippen LogP contribution in [0.1, 0.15) is 18.0 Å². The van der Waals surface area contributed by atoms with Crippen LogP contribution in [-0.2, 0) is 9.53 Å². The molecule has 4 aromatic rings. The molecular formula is C32H31FN4O6. The van der Waals surface area contributed by atoms with E-state index in [-0.39, 0.29) is 11.4 Å². The van der Waals surface area contributed by atoms with Gasteiger partial charge in [-0.2, -0.15) is 0 Å². The molecule has 2 fully saturated rings. The van der Waals surface area contributed by atoms with Gasteiger partial charge < -0.3 is 24.3 Å². The molecule has 43 heavy (non-hydrogen) atoms. The number of hydrogen-bond donors (Lipinski definition) is 1. The summed E-state index contributed by atoms with van der Waals surface area (Å²) in [6.07, 6.45) is 2.42. The number of morpholine rings is 1. The number of nitrogens with one attached hydrogen (secondary N) is 1. The number of pyridine rings is 1. The van der Waals surface area contributed by atoms with Crippen molar-refractivity contribution in [3.63, 3.8) is 0 Å². The maximum absolute atomic E-state index is 15.3. The zero-order valence-corrected chi connectivity index (χ0v) is 23.6. The van der Waals surface area contributed by atoms with E-state index in [0.717, 1.165) is 50.2 Å². The lowest BCUT2D eigenvalue weighted by Crippen LogP contribution is -2.37. The molecule has 2 aliphatic heterocycles. The molecule has 0 saturated carbocycles. The van der Waals surface area contributed by atoms with Crippen molar-refractivity contribution in [1.29, 1.82) is 0 Å². The molecule has 3 aromatic carbocycles. The van der Waals surface area contributed by atoms with Gasteiger partial charge in [-0.1, -0.05) is 30.3 Å². The lowest BCUT2D eigenvalue weighted by Gasteiger charge is -2.26. The van der Waals surface area contributed by atoms with Gasteiger partial charge in [-0.05, 0) is 36.2 Å². The predicted molar refractivity (Wildman–Crippen MR) is 157 cm³/mol. The van der Waals surface area contributed by atoms with Gasteiger partial charge in [0.25, 0.3) is 5.91 Å². The Kier molecular flexibility index (Phi) is 8.34. The molecule has 2 saturated heterocycles. The summed E-state index contributed by atoms with van der Waals surface area (Å²) >= 11 is 0. The molecule has 0 aliphatic carbocycles. The number of rotatable bonds is 10. The van der Waals surface area contributed by atoms with E-state index < -0.39 is 23.8 Å². The van der Waals surface area contributed by atoms with Crippen LogP contribution in [0.3, 0.4) is 0 Å². The highest BCUT2D eigenvalue weighted by atomic mass is 19.1. The number of amides is 3. The summed E-state index contributed by atoms with van der Waals surface area (Å²) in [6, 6.07) is 16.5. The van der Waals surface area contributed by atoms with E-state index >= 15 is 4.39 Å². The summed E-state index contributed by atoms with van der Waals surface area (Å²) < 4.78 is 38.3. The fraction of sp³-hybridized carbons (Fsp3) is 0.281. The molecule has 10 nitrogen and oxygen atoms in total. The number of fused-ring (bicyclic) bond motifs is 1. The molecule has 3 amide bonds. The van der Waals surface area contributed by atoms with Crippen molar-refractivity contribution < 1.29 is 32.9 Å². The smallest absolute Gasteiger partial charge is 0.329 e. The number of hydrogen-bond acceptors (Lipinski definition) is 8. The van der Waals surface area contributed by atoms with Crippen LogP contribution in [0.4, 0.5) is 14.9 Å². The van der Waals surface area contributed by atoms with Crippen molar-refractivity contribution in [2.75, 3.05) is 51.5 Å². The van der Waals surface area contributed by atoms with E-state index in [1.165, 1.54) is 12.1 Å². The molecule has 1 aromatic heterocycles. The molecule has 0 spiro atoms. The van der Waals surface area contributed by atoms with Gasteiger partial charge in [-0.3, -0.25) is 14.7 Å². The van der Waals surface area contributed by atoms with Crippen molar-refractivity contribution in [2.24, 2.45) is 0 Å². The minimum Gasteiger partial charge on any atom is -0.493 e. The molecule has 2 aliphatic rings.